The summed E-state index contributed by atoms with van der Waals surface area (Å²) in [5, 5.41) is 10.9. The van der Waals surface area contributed by atoms with Crippen LogP contribution in [0.5, 0.6) is 11.8 Å². The molecule has 266 valence electrons. The molecule has 3 unspecified atom stereocenters. The van der Waals surface area contributed by atoms with Gasteiger partial charge in [-0.15, -0.1) is 0 Å². The van der Waals surface area contributed by atoms with Gasteiger partial charge in [0, 0.05) is 59.6 Å². The molecule has 4 aliphatic rings. The number of fused-ring (bicyclic) bond motifs is 5. The number of carbonyl (C=O) groups is 1. The molecule has 0 spiro atoms. The summed E-state index contributed by atoms with van der Waals surface area (Å²) in [5.74, 6) is -4.29. The first kappa shape index (κ1) is 33.7. The van der Waals surface area contributed by atoms with Crippen LogP contribution in [-0.4, -0.2) is 85.5 Å². The highest BCUT2D eigenvalue weighted by molar-refractivity contribution is 6.00. The Morgan fingerprint density at radius 2 is 1.90 bits per heavy atom. The third kappa shape index (κ3) is 5.75. The molecule has 0 aliphatic carbocycles. The number of carbonyl (C=O) groups excluding carboxylic acids is 1. The van der Waals surface area contributed by atoms with Gasteiger partial charge in [0.05, 0.1) is 11.2 Å². The van der Waals surface area contributed by atoms with Crippen LogP contribution < -0.4 is 9.47 Å². The first-order valence-electron chi connectivity index (χ1n) is 17.3. The molecule has 5 atom stereocenters. The number of aliphatic hydroxyl groups is 1. The van der Waals surface area contributed by atoms with E-state index in [1.807, 2.05) is 0 Å². The maximum absolute atomic E-state index is 17.0. The van der Waals surface area contributed by atoms with E-state index in [1.54, 1.807) is 0 Å². The van der Waals surface area contributed by atoms with E-state index >= 15 is 8.78 Å². The Morgan fingerprint density at radius 1 is 1.12 bits per heavy atom. The highest BCUT2D eigenvalue weighted by Crippen LogP contribution is 2.46. The molecule has 4 fully saturated rings. The fraction of sp³-hybridized carbons (Fsp3) is 0.421. The van der Waals surface area contributed by atoms with Crippen LogP contribution in [0.3, 0.4) is 0 Å². The SMILES string of the molecule is C=CC(=O)Oc1cc(-c2ncc3c(C4CC5CCC(C4)N5C(O)C=C)nc(OC[C@@]45CCCN4C[C@H](F)C5)nc3c2F)c2c(F)c(F)ccc2c1. The number of nitrogens with zero attached hydrogens (tertiary/aromatic N) is 5. The molecule has 9 nitrogen and oxygen atoms in total. The summed E-state index contributed by atoms with van der Waals surface area (Å²) in [5.41, 5.74) is -0.596. The van der Waals surface area contributed by atoms with Crippen LogP contribution in [0.2, 0.25) is 0 Å². The number of benzene rings is 2. The largest absolute Gasteiger partial charge is 0.461 e. The lowest BCUT2D eigenvalue weighted by Gasteiger charge is -2.40. The smallest absolute Gasteiger partial charge is 0.335 e. The van der Waals surface area contributed by atoms with E-state index in [9.17, 15) is 18.7 Å². The third-order valence-electron chi connectivity index (χ3n) is 11.2. The van der Waals surface area contributed by atoms with Crippen LogP contribution in [0.15, 0.2) is 55.8 Å². The highest BCUT2D eigenvalue weighted by Gasteiger charge is 2.50. The van der Waals surface area contributed by atoms with Gasteiger partial charge in [0.15, 0.2) is 17.5 Å². The molecular formula is C38H37F4N5O4. The minimum atomic E-state index is -1.22. The zero-order chi connectivity index (χ0) is 35.6. The van der Waals surface area contributed by atoms with Gasteiger partial charge in [-0.1, -0.05) is 19.2 Å². The maximum Gasteiger partial charge on any atom is 0.335 e. The minimum absolute atomic E-state index is 0.0457. The van der Waals surface area contributed by atoms with Crippen molar-refractivity contribution >= 4 is 27.6 Å². The topological polar surface area (TPSA) is 101 Å². The molecule has 0 amide bonds. The number of piperidine rings is 1. The summed E-state index contributed by atoms with van der Waals surface area (Å²) in [6, 6.07) is 4.81. The van der Waals surface area contributed by atoms with Crippen LogP contribution in [0.25, 0.3) is 32.9 Å². The molecule has 4 aromatic rings. The first-order valence-corrected chi connectivity index (χ1v) is 17.3. The Morgan fingerprint density at radius 3 is 2.65 bits per heavy atom. The molecule has 13 heteroatoms. The van der Waals surface area contributed by atoms with E-state index in [0.29, 0.717) is 36.9 Å². The predicted molar refractivity (Wildman–Crippen MR) is 181 cm³/mol. The Bertz CT molecular complexity index is 2070. The number of aliphatic hydroxyl groups excluding tert-OH is 1. The molecule has 51 heavy (non-hydrogen) atoms. The van der Waals surface area contributed by atoms with Gasteiger partial charge < -0.3 is 14.6 Å². The van der Waals surface area contributed by atoms with Crippen LogP contribution >= 0.6 is 0 Å². The molecule has 4 saturated heterocycles. The van der Waals surface area contributed by atoms with Crippen molar-refractivity contribution in [2.75, 3.05) is 19.7 Å². The van der Waals surface area contributed by atoms with Crippen LogP contribution in [-0.2, 0) is 4.79 Å². The molecule has 0 radical (unpaired) electrons. The Kier molecular flexibility index (Phi) is 8.55. The van der Waals surface area contributed by atoms with Gasteiger partial charge in [0.25, 0.3) is 0 Å². The summed E-state index contributed by atoms with van der Waals surface area (Å²) in [4.78, 5) is 30.1. The first-order chi connectivity index (χ1) is 24.6. The number of halogens is 4. The number of rotatable bonds is 9. The Labute approximate surface area is 291 Å². The predicted octanol–water partition coefficient (Wildman–Crippen LogP) is 6.52. The monoisotopic (exact) mass is 703 g/mol. The van der Waals surface area contributed by atoms with Gasteiger partial charge in [-0.25, -0.2) is 22.4 Å². The molecule has 1 N–H and O–H groups in total. The third-order valence-corrected chi connectivity index (χ3v) is 11.2. The van der Waals surface area contributed by atoms with Crippen molar-refractivity contribution in [2.45, 2.75) is 80.9 Å². The average Bonchev–Trinajstić information content (AvgIpc) is 3.74. The summed E-state index contributed by atoms with van der Waals surface area (Å²) < 4.78 is 73.2. The molecule has 0 saturated carbocycles. The molecule has 8 rings (SSSR count). The molecule has 4 aliphatic heterocycles. The summed E-state index contributed by atoms with van der Waals surface area (Å²) in [6.07, 6.45) is 7.13. The van der Waals surface area contributed by atoms with Crippen molar-refractivity contribution in [1.82, 2.24) is 24.8 Å². The average molecular weight is 704 g/mol. The lowest BCUT2D eigenvalue weighted by molar-refractivity contribution is -0.128. The normalized spacial score (nSPS) is 26.8. The Balaban J connectivity index is 1.26. The summed E-state index contributed by atoms with van der Waals surface area (Å²) in [6.45, 7) is 8.38. The zero-order valence-corrected chi connectivity index (χ0v) is 27.8. The van der Waals surface area contributed by atoms with E-state index in [0.717, 1.165) is 44.4 Å². The second-order valence-electron chi connectivity index (χ2n) is 14.1. The van der Waals surface area contributed by atoms with E-state index in [2.05, 4.69) is 32.9 Å². The molecule has 2 bridgehead atoms. The van der Waals surface area contributed by atoms with Gasteiger partial charge in [-0.05, 0) is 74.7 Å². The van der Waals surface area contributed by atoms with Crippen molar-refractivity contribution in [1.29, 1.82) is 0 Å². The Hall–Kier alpha value is -4.46. The molecule has 2 aromatic carbocycles. The fourth-order valence-corrected chi connectivity index (χ4v) is 9.03. The van der Waals surface area contributed by atoms with Gasteiger partial charge in [0.1, 0.15) is 36.0 Å². The van der Waals surface area contributed by atoms with E-state index < -0.39 is 41.4 Å². The van der Waals surface area contributed by atoms with Crippen LogP contribution in [0.4, 0.5) is 17.6 Å². The summed E-state index contributed by atoms with van der Waals surface area (Å²) >= 11 is 0. The van der Waals surface area contributed by atoms with Crippen LogP contribution in [0.1, 0.15) is 56.6 Å². The maximum atomic E-state index is 17.0. The number of esters is 1. The van der Waals surface area contributed by atoms with Gasteiger partial charge in [-0.3, -0.25) is 14.8 Å². The van der Waals surface area contributed by atoms with E-state index in [4.69, 9.17) is 14.5 Å². The van der Waals surface area contributed by atoms with Crippen molar-refractivity contribution in [3.05, 3.63) is 78.9 Å². The number of hydrogen-bond acceptors (Lipinski definition) is 9. The molecular weight excluding hydrogens is 666 g/mol. The van der Waals surface area contributed by atoms with Crippen LogP contribution in [0, 0.1) is 17.5 Å². The highest BCUT2D eigenvalue weighted by atomic mass is 19.2. The molecule has 2 aromatic heterocycles. The van der Waals surface area contributed by atoms with E-state index in [-0.39, 0.29) is 63.9 Å². The van der Waals surface area contributed by atoms with Crippen molar-refractivity contribution in [3.63, 3.8) is 0 Å². The standard InChI is InChI=1S/C38H37F4N5O4/c1-3-29(48)47-23-7-8-24(47)13-21(12-23)34-27-17-43-35(26-15-25(51-30(49)4-2)14-20-6-9-28(40)32(41)31(20)26)33(42)36(27)45-37(44-34)50-19-38-10-5-11-46(38)18-22(39)16-38/h3-4,6,9,14-15,17,21-24,29,48H,1-2,5,7-8,10-13,16,18-19H2/t21?,22-,23?,24?,29?,38+/m1/s1. The molecule has 6 heterocycles. The van der Waals surface area contributed by atoms with Gasteiger partial charge >= 0.3 is 12.0 Å². The fourth-order valence-electron chi connectivity index (χ4n) is 9.03. The quantitative estimate of drug-likeness (QED) is 0.0687. The van der Waals surface area contributed by atoms with Crippen molar-refractivity contribution in [2.24, 2.45) is 0 Å². The van der Waals surface area contributed by atoms with Crippen molar-refractivity contribution in [3.8, 4) is 23.0 Å². The second kappa shape index (κ2) is 12.9. The second-order valence-corrected chi connectivity index (χ2v) is 14.1. The van der Waals surface area contributed by atoms with Gasteiger partial charge in [-0.2, -0.15) is 9.97 Å². The minimum Gasteiger partial charge on any atom is -0.461 e. The number of pyridine rings is 1. The number of alkyl halides is 1. The van der Waals surface area contributed by atoms with E-state index in [1.165, 1.54) is 30.5 Å². The van der Waals surface area contributed by atoms with Gasteiger partial charge in [0.2, 0.25) is 0 Å². The lowest BCUT2D eigenvalue weighted by Crippen LogP contribution is -2.47. The van der Waals surface area contributed by atoms with Crippen molar-refractivity contribution < 1.29 is 36.9 Å². The number of hydrogen-bond donors (Lipinski definition) is 1. The number of ether oxygens (including phenoxy) is 2. The number of aromatic nitrogens is 3. The summed E-state index contributed by atoms with van der Waals surface area (Å²) in [7, 11) is 0. The zero-order valence-electron chi connectivity index (χ0n) is 27.8. The lowest BCUT2D eigenvalue weighted by atomic mass is 9.86.